The molecule has 4 heterocycles. The predicted molar refractivity (Wildman–Crippen MR) is 133 cm³/mol. The zero-order valence-electron chi connectivity index (χ0n) is 22.1. The van der Waals surface area contributed by atoms with Crippen LogP contribution in [0.2, 0.25) is 0 Å². The highest BCUT2D eigenvalue weighted by molar-refractivity contribution is 5.87. The summed E-state index contributed by atoms with van der Waals surface area (Å²) >= 11 is 0. The van der Waals surface area contributed by atoms with E-state index < -0.39 is 11.9 Å². The molecule has 4 aromatic heterocycles. The number of ether oxygens (including phenoxy) is 2. The Morgan fingerprint density at radius 1 is 0.622 bits per heavy atom. The molecule has 0 amide bonds. The molecule has 4 rings (SSSR count). The molecule has 0 saturated heterocycles. The van der Waals surface area contributed by atoms with E-state index in [2.05, 4.69) is 10.2 Å². The van der Waals surface area contributed by atoms with Gasteiger partial charge in [0.2, 0.25) is 0 Å². The summed E-state index contributed by atoms with van der Waals surface area (Å²) in [7, 11) is 2.69. The standard InChI is InChI=1S/C25H32N8O4/c1-16-10-20(14-32-18(3)12-22(28-32)24(34)36-5)26-30(16)8-7-9-31-17(2)11-21(27-31)15-33-19(4)13-23(29-33)25(35)37-6/h10-13H,7-9,14-15H2,1-6H3. The topological polar surface area (TPSA) is 124 Å². The third-order valence-electron chi connectivity index (χ3n) is 6.18. The smallest absolute Gasteiger partial charge is 0.358 e. The van der Waals surface area contributed by atoms with Gasteiger partial charge < -0.3 is 9.47 Å². The first-order valence-electron chi connectivity index (χ1n) is 12.0. The molecule has 0 radical (unpaired) electrons. The largest absolute Gasteiger partial charge is 0.464 e. The minimum atomic E-state index is -0.452. The van der Waals surface area contributed by atoms with Crippen LogP contribution in [0.1, 0.15) is 61.6 Å². The van der Waals surface area contributed by atoms with Gasteiger partial charge in [-0.2, -0.15) is 20.4 Å². The van der Waals surface area contributed by atoms with Crippen molar-refractivity contribution in [1.82, 2.24) is 39.1 Å². The van der Waals surface area contributed by atoms with E-state index in [0.717, 1.165) is 53.7 Å². The average Bonchev–Trinajstić information content (AvgIpc) is 3.61. The predicted octanol–water partition coefficient (Wildman–Crippen LogP) is 2.47. The highest BCUT2D eigenvalue weighted by Gasteiger charge is 2.15. The highest BCUT2D eigenvalue weighted by atomic mass is 16.5. The van der Waals surface area contributed by atoms with E-state index in [1.54, 1.807) is 21.5 Å². The van der Waals surface area contributed by atoms with Crippen LogP contribution in [0, 0.1) is 27.7 Å². The van der Waals surface area contributed by atoms with Gasteiger partial charge in [-0.15, -0.1) is 0 Å². The minimum absolute atomic E-state index is 0.289. The first-order valence-corrected chi connectivity index (χ1v) is 12.0. The van der Waals surface area contributed by atoms with E-state index in [-0.39, 0.29) is 11.4 Å². The van der Waals surface area contributed by atoms with Gasteiger partial charge in [-0.25, -0.2) is 9.59 Å². The van der Waals surface area contributed by atoms with Crippen LogP contribution in [0.15, 0.2) is 24.3 Å². The van der Waals surface area contributed by atoms with E-state index in [1.165, 1.54) is 14.2 Å². The van der Waals surface area contributed by atoms with Crippen molar-refractivity contribution in [3.05, 3.63) is 69.8 Å². The lowest BCUT2D eigenvalue weighted by atomic mass is 10.3. The molecule has 0 aromatic carbocycles. The fourth-order valence-electron chi connectivity index (χ4n) is 4.19. The minimum Gasteiger partial charge on any atom is -0.464 e. The van der Waals surface area contributed by atoms with Crippen molar-refractivity contribution in [2.24, 2.45) is 0 Å². The van der Waals surface area contributed by atoms with E-state index in [1.807, 2.05) is 49.2 Å². The van der Waals surface area contributed by atoms with E-state index in [4.69, 9.17) is 19.7 Å². The average molecular weight is 509 g/mol. The number of nitrogens with zero attached hydrogens (tertiary/aromatic N) is 8. The lowest BCUT2D eigenvalue weighted by Crippen LogP contribution is -2.11. The Labute approximate surface area is 214 Å². The van der Waals surface area contributed by atoms with Gasteiger partial charge in [-0.1, -0.05) is 0 Å². The maximum atomic E-state index is 11.7. The molecular weight excluding hydrogens is 476 g/mol. The van der Waals surface area contributed by atoms with E-state index in [0.29, 0.717) is 13.1 Å². The summed E-state index contributed by atoms with van der Waals surface area (Å²) in [6.07, 6.45) is 0.852. The van der Waals surface area contributed by atoms with Crippen molar-refractivity contribution in [2.75, 3.05) is 14.2 Å². The number of hydrogen-bond donors (Lipinski definition) is 0. The van der Waals surface area contributed by atoms with Crippen LogP contribution in [0.25, 0.3) is 0 Å². The molecule has 0 bridgehead atoms. The van der Waals surface area contributed by atoms with Gasteiger partial charge in [0, 0.05) is 35.9 Å². The highest BCUT2D eigenvalue weighted by Crippen LogP contribution is 2.13. The van der Waals surface area contributed by atoms with E-state index in [9.17, 15) is 9.59 Å². The Bertz CT molecular complexity index is 1320. The molecule has 0 unspecified atom stereocenters. The van der Waals surface area contributed by atoms with Crippen molar-refractivity contribution in [2.45, 2.75) is 60.3 Å². The van der Waals surface area contributed by atoms with Crippen LogP contribution < -0.4 is 0 Å². The summed E-state index contributed by atoms with van der Waals surface area (Å²) in [5.74, 6) is -0.905. The van der Waals surface area contributed by atoms with Gasteiger partial charge in [0.25, 0.3) is 0 Å². The fourth-order valence-corrected chi connectivity index (χ4v) is 4.19. The Morgan fingerprint density at radius 2 is 1.00 bits per heavy atom. The van der Waals surface area contributed by atoms with Gasteiger partial charge in [0.1, 0.15) is 0 Å². The molecule has 0 fully saturated rings. The number of carbonyl (C=O) groups is 2. The monoisotopic (exact) mass is 508 g/mol. The van der Waals surface area contributed by atoms with Crippen molar-refractivity contribution in [3.8, 4) is 0 Å². The number of hydrogen-bond acceptors (Lipinski definition) is 8. The van der Waals surface area contributed by atoms with Crippen molar-refractivity contribution in [1.29, 1.82) is 0 Å². The number of methoxy groups -OCH3 is 2. The number of aryl methyl sites for hydroxylation is 6. The number of rotatable bonds is 10. The lowest BCUT2D eigenvalue weighted by Gasteiger charge is -2.07. The third-order valence-corrected chi connectivity index (χ3v) is 6.18. The van der Waals surface area contributed by atoms with Crippen LogP contribution in [0.3, 0.4) is 0 Å². The lowest BCUT2D eigenvalue weighted by molar-refractivity contribution is 0.0584. The molecule has 0 saturated carbocycles. The van der Waals surface area contributed by atoms with Gasteiger partial charge in [0.15, 0.2) is 11.4 Å². The second-order valence-corrected chi connectivity index (χ2v) is 8.99. The summed E-state index contributed by atoms with van der Waals surface area (Å²) in [4.78, 5) is 23.5. The normalized spacial score (nSPS) is 11.2. The van der Waals surface area contributed by atoms with Crippen molar-refractivity contribution in [3.63, 3.8) is 0 Å². The summed E-state index contributed by atoms with van der Waals surface area (Å²) in [6, 6.07) is 7.49. The molecular formula is C25H32N8O4. The molecule has 0 N–H and O–H groups in total. The Balaban J connectivity index is 1.35. The molecule has 12 heteroatoms. The zero-order chi connectivity index (χ0) is 26.7. The Kier molecular flexibility index (Phi) is 7.55. The molecule has 0 aliphatic heterocycles. The fraction of sp³-hybridized carbons (Fsp3) is 0.440. The molecule has 0 atom stereocenters. The molecule has 0 aliphatic carbocycles. The van der Waals surface area contributed by atoms with Crippen molar-refractivity contribution >= 4 is 11.9 Å². The van der Waals surface area contributed by atoms with Gasteiger partial charge >= 0.3 is 11.9 Å². The summed E-state index contributed by atoms with van der Waals surface area (Å²) in [5.41, 5.74) is 6.17. The Hall–Kier alpha value is -4.22. The first-order chi connectivity index (χ1) is 17.7. The van der Waals surface area contributed by atoms with Crippen LogP contribution in [-0.4, -0.2) is 65.3 Å². The first kappa shape index (κ1) is 25.9. The van der Waals surface area contributed by atoms with Gasteiger partial charge in [-0.3, -0.25) is 18.7 Å². The van der Waals surface area contributed by atoms with Crippen LogP contribution >= 0.6 is 0 Å². The van der Waals surface area contributed by atoms with Crippen LogP contribution in [-0.2, 0) is 35.7 Å². The summed E-state index contributed by atoms with van der Waals surface area (Å²) < 4.78 is 17.0. The second kappa shape index (κ2) is 10.8. The third kappa shape index (κ3) is 5.79. The number of esters is 2. The van der Waals surface area contributed by atoms with E-state index >= 15 is 0 Å². The molecule has 0 spiro atoms. The molecule has 12 nitrogen and oxygen atoms in total. The van der Waals surface area contributed by atoms with Crippen LogP contribution in [0.5, 0.6) is 0 Å². The number of carbonyl (C=O) groups excluding carboxylic acids is 2. The summed E-state index contributed by atoms with van der Waals surface area (Å²) in [5, 5.41) is 18.1. The quantitative estimate of drug-likeness (QED) is 0.299. The van der Waals surface area contributed by atoms with Crippen LogP contribution in [0.4, 0.5) is 0 Å². The Morgan fingerprint density at radius 3 is 1.38 bits per heavy atom. The maximum absolute atomic E-state index is 11.7. The van der Waals surface area contributed by atoms with Crippen molar-refractivity contribution < 1.29 is 19.1 Å². The molecule has 0 aliphatic rings. The SMILES string of the molecule is COC(=O)c1cc(C)n(Cc2cc(C)n(CCCn3nc(Cn4nc(C(=O)OC)cc4C)cc3C)n2)n1. The molecule has 4 aromatic rings. The van der Waals surface area contributed by atoms with Gasteiger partial charge in [-0.05, 0) is 58.4 Å². The maximum Gasteiger partial charge on any atom is 0.358 e. The number of aromatic nitrogens is 8. The van der Waals surface area contributed by atoms with Gasteiger partial charge in [0.05, 0.1) is 38.7 Å². The zero-order valence-corrected chi connectivity index (χ0v) is 22.1. The molecule has 196 valence electrons. The summed E-state index contributed by atoms with van der Waals surface area (Å²) in [6.45, 7) is 10.3. The second-order valence-electron chi connectivity index (χ2n) is 8.99. The molecule has 37 heavy (non-hydrogen) atoms.